The van der Waals surface area contributed by atoms with Crippen LogP contribution in [0.5, 0.6) is 0 Å². The van der Waals surface area contributed by atoms with Gasteiger partial charge in [0.15, 0.2) is 5.96 Å². The van der Waals surface area contributed by atoms with E-state index in [-0.39, 0.29) is 29.4 Å². The molecule has 0 radical (unpaired) electrons. The van der Waals surface area contributed by atoms with Crippen LogP contribution < -0.4 is 10.6 Å². The van der Waals surface area contributed by atoms with E-state index >= 15 is 0 Å². The normalized spacial score (nSPS) is 14.7. The molecule has 3 aromatic rings. The number of guanidine groups is 1. The lowest BCUT2D eigenvalue weighted by molar-refractivity contribution is 0.378. The molecule has 1 saturated carbocycles. The molecule has 0 saturated heterocycles. The number of aromatic nitrogens is 2. The topological polar surface area (TPSA) is 75.3 Å². The van der Waals surface area contributed by atoms with E-state index in [1.165, 1.54) is 18.4 Å². The van der Waals surface area contributed by atoms with Gasteiger partial charge in [0.25, 0.3) is 0 Å². The maximum Gasteiger partial charge on any atom is 0.228 e. The van der Waals surface area contributed by atoms with Crippen LogP contribution in [0.2, 0.25) is 5.02 Å². The highest BCUT2D eigenvalue weighted by Gasteiger charge is 2.43. The largest absolute Gasteiger partial charge is 0.356 e. The van der Waals surface area contributed by atoms with Crippen molar-refractivity contribution in [3.63, 3.8) is 0 Å². The highest BCUT2D eigenvalue weighted by Crippen LogP contribution is 2.47. The first-order valence-electron chi connectivity index (χ1n) is 9.77. The third kappa shape index (κ3) is 5.51. The first-order valence-corrected chi connectivity index (χ1v) is 10.1. The number of hydrogen-bond donors (Lipinski definition) is 2. The predicted molar refractivity (Wildman–Crippen MR) is 131 cm³/mol. The number of halogens is 2. The molecule has 1 heterocycles. The average Bonchev–Trinajstić information content (AvgIpc) is 3.40. The fourth-order valence-electron chi connectivity index (χ4n) is 3.37. The van der Waals surface area contributed by atoms with Gasteiger partial charge in [0.2, 0.25) is 11.7 Å². The van der Waals surface area contributed by atoms with Crippen molar-refractivity contribution < 1.29 is 4.52 Å². The molecule has 0 spiro atoms. The lowest BCUT2D eigenvalue weighted by atomic mass is 9.96. The Morgan fingerprint density at radius 1 is 1.13 bits per heavy atom. The van der Waals surface area contributed by atoms with Crippen LogP contribution in [0.1, 0.15) is 24.3 Å². The van der Waals surface area contributed by atoms with Crippen molar-refractivity contribution >= 4 is 41.5 Å². The molecule has 30 heavy (non-hydrogen) atoms. The summed E-state index contributed by atoms with van der Waals surface area (Å²) in [6, 6.07) is 18.1. The van der Waals surface area contributed by atoms with Gasteiger partial charge >= 0.3 is 0 Å². The van der Waals surface area contributed by atoms with Crippen molar-refractivity contribution in [1.82, 2.24) is 20.8 Å². The zero-order valence-electron chi connectivity index (χ0n) is 16.8. The van der Waals surface area contributed by atoms with E-state index in [9.17, 15) is 0 Å². The lowest BCUT2D eigenvalue weighted by Gasteiger charge is -2.18. The van der Waals surface area contributed by atoms with Gasteiger partial charge in [-0.3, -0.25) is 4.99 Å². The SMILES string of the molecule is CN=C(NCCc1nc(-c2cccc(Cl)c2)no1)NCC1(c2ccccc2)CC1.I. The third-order valence-corrected chi connectivity index (χ3v) is 5.47. The molecule has 8 heteroatoms. The molecule has 1 aliphatic rings. The molecule has 2 aromatic carbocycles. The Morgan fingerprint density at radius 2 is 1.93 bits per heavy atom. The van der Waals surface area contributed by atoms with Gasteiger partial charge in [0.05, 0.1) is 0 Å². The van der Waals surface area contributed by atoms with Crippen LogP contribution in [-0.2, 0) is 11.8 Å². The molecule has 1 fully saturated rings. The van der Waals surface area contributed by atoms with Crippen LogP contribution in [0.15, 0.2) is 64.1 Å². The number of aliphatic imine (C=N–C) groups is 1. The van der Waals surface area contributed by atoms with Gasteiger partial charge in [0.1, 0.15) is 0 Å². The molecule has 4 rings (SSSR count). The maximum atomic E-state index is 6.02. The van der Waals surface area contributed by atoms with Crippen molar-refractivity contribution in [2.45, 2.75) is 24.7 Å². The summed E-state index contributed by atoms with van der Waals surface area (Å²) in [6.45, 7) is 1.52. The summed E-state index contributed by atoms with van der Waals surface area (Å²) in [4.78, 5) is 8.76. The predicted octanol–water partition coefficient (Wildman–Crippen LogP) is 4.45. The van der Waals surface area contributed by atoms with E-state index in [0.29, 0.717) is 29.7 Å². The summed E-state index contributed by atoms with van der Waals surface area (Å²) in [5, 5.41) is 11.5. The minimum atomic E-state index is 0. The molecule has 0 amide bonds. The first-order chi connectivity index (χ1) is 14.2. The average molecular weight is 538 g/mol. The molecule has 2 N–H and O–H groups in total. The second kappa shape index (κ2) is 10.3. The standard InChI is InChI=1S/C22H24ClN5O.HI/c1-24-21(26-15-22(11-12-22)17-7-3-2-4-8-17)25-13-10-19-27-20(28-29-19)16-6-5-9-18(23)14-16;/h2-9,14H,10-13,15H2,1H3,(H2,24,25,26);1H. The molecular weight excluding hydrogens is 513 g/mol. The van der Waals surface area contributed by atoms with Gasteiger partial charge in [0, 0.05) is 42.6 Å². The number of nitrogens with one attached hydrogen (secondary N) is 2. The van der Waals surface area contributed by atoms with Crippen molar-refractivity contribution in [2.75, 3.05) is 20.1 Å². The molecule has 1 aromatic heterocycles. The van der Waals surface area contributed by atoms with E-state index in [1.54, 1.807) is 7.05 Å². The molecule has 0 unspecified atom stereocenters. The molecule has 6 nitrogen and oxygen atoms in total. The minimum absolute atomic E-state index is 0. The summed E-state index contributed by atoms with van der Waals surface area (Å²) < 4.78 is 5.35. The maximum absolute atomic E-state index is 6.02. The smallest absolute Gasteiger partial charge is 0.228 e. The number of hydrogen-bond acceptors (Lipinski definition) is 4. The highest BCUT2D eigenvalue weighted by atomic mass is 127. The Labute approximate surface area is 198 Å². The Hall–Kier alpha value is -2.13. The summed E-state index contributed by atoms with van der Waals surface area (Å²) in [6.07, 6.45) is 3.02. The number of benzene rings is 2. The summed E-state index contributed by atoms with van der Waals surface area (Å²) in [7, 11) is 1.78. The third-order valence-electron chi connectivity index (χ3n) is 5.24. The van der Waals surface area contributed by atoms with E-state index in [1.807, 2.05) is 24.3 Å². The zero-order chi connectivity index (χ0) is 20.1. The van der Waals surface area contributed by atoms with E-state index < -0.39 is 0 Å². The second-order valence-corrected chi connectivity index (χ2v) is 7.71. The van der Waals surface area contributed by atoms with Gasteiger partial charge < -0.3 is 15.2 Å². The van der Waals surface area contributed by atoms with E-state index in [4.69, 9.17) is 16.1 Å². The first kappa shape index (κ1) is 22.6. The van der Waals surface area contributed by atoms with Crippen LogP contribution in [0, 0.1) is 0 Å². The molecular formula is C22H25ClIN5O. The molecule has 0 aliphatic heterocycles. The number of rotatable bonds is 7. The monoisotopic (exact) mass is 537 g/mol. The quantitative estimate of drug-likeness (QED) is 0.265. The van der Waals surface area contributed by atoms with Crippen LogP contribution in [0.4, 0.5) is 0 Å². The summed E-state index contributed by atoms with van der Waals surface area (Å²) >= 11 is 6.02. The van der Waals surface area contributed by atoms with Gasteiger partial charge in [-0.05, 0) is 30.5 Å². The van der Waals surface area contributed by atoms with Crippen molar-refractivity contribution in [3.05, 3.63) is 71.1 Å². The van der Waals surface area contributed by atoms with Gasteiger partial charge in [-0.1, -0.05) is 59.2 Å². The van der Waals surface area contributed by atoms with E-state index in [0.717, 1.165) is 18.1 Å². The van der Waals surface area contributed by atoms with Crippen LogP contribution in [-0.4, -0.2) is 36.2 Å². The van der Waals surface area contributed by atoms with Gasteiger partial charge in [-0.25, -0.2) is 0 Å². The van der Waals surface area contributed by atoms with Crippen LogP contribution >= 0.6 is 35.6 Å². The van der Waals surface area contributed by atoms with Crippen molar-refractivity contribution in [1.29, 1.82) is 0 Å². The van der Waals surface area contributed by atoms with Crippen molar-refractivity contribution in [3.8, 4) is 11.4 Å². The minimum Gasteiger partial charge on any atom is -0.356 e. The Kier molecular flexibility index (Phi) is 7.71. The zero-order valence-corrected chi connectivity index (χ0v) is 19.9. The summed E-state index contributed by atoms with van der Waals surface area (Å²) in [5.74, 6) is 1.90. The Bertz CT molecular complexity index is 988. The van der Waals surface area contributed by atoms with E-state index in [2.05, 4.69) is 56.1 Å². The Morgan fingerprint density at radius 3 is 2.63 bits per heavy atom. The highest BCUT2D eigenvalue weighted by molar-refractivity contribution is 14.0. The molecule has 1 aliphatic carbocycles. The van der Waals surface area contributed by atoms with Crippen LogP contribution in [0.3, 0.4) is 0 Å². The Balaban J connectivity index is 0.00000256. The van der Waals surface area contributed by atoms with Crippen LogP contribution in [0.25, 0.3) is 11.4 Å². The van der Waals surface area contributed by atoms with Gasteiger partial charge in [-0.2, -0.15) is 4.98 Å². The second-order valence-electron chi connectivity index (χ2n) is 7.27. The molecule has 0 bridgehead atoms. The molecule has 158 valence electrons. The number of nitrogens with zero attached hydrogens (tertiary/aromatic N) is 3. The van der Waals surface area contributed by atoms with Gasteiger partial charge in [-0.15, -0.1) is 24.0 Å². The fraction of sp³-hybridized carbons (Fsp3) is 0.318. The fourth-order valence-corrected chi connectivity index (χ4v) is 3.56. The molecule has 0 atom stereocenters. The lowest BCUT2D eigenvalue weighted by Crippen LogP contribution is -2.42. The van der Waals surface area contributed by atoms with Crippen molar-refractivity contribution in [2.24, 2.45) is 4.99 Å². The summed E-state index contributed by atoms with van der Waals surface area (Å²) in [5.41, 5.74) is 2.47.